The molecule has 0 aromatic heterocycles. The van der Waals surface area contributed by atoms with Gasteiger partial charge in [-0.3, -0.25) is 0 Å². The van der Waals surface area contributed by atoms with Crippen molar-refractivity contribution in [2.45, 2.75) is 6.61 Å². The molecule has 2 aromatic carbocycles. The van der Waals surface area contributed by atoms with Crippen molar-refractivity contribution in [3.63, 3.8) is 0 Å². The van der Waals surface area contributed by atoms with Crippen molar-refractivity contribution in [1.29, 1.82) is 0 Å². The minimum absolute atomic E-state index is 0.331. The fourth-order valence-corrected chi connectivity index (χ4v) is 1.87. The molecule has 0 amide bonds. The first-order valence-electron chi connectivity index (χ1n) is 6.03. The summed E-state index contributed by atoms with van der Waals surface area (Å²) in [5.41, 5.74) is 1.59. The average molecular weight is 289 g/mol. The number of benzene rings is 2. The number of para-hydroxylation sites is 1. The van der Waals surface area contributed by atoms with Crippen molar-refractivity contribution in [2.24, 2.45) is 0 Å². The van der Waals surface area contributed by atoms with Crippen molar-refractivity contribution in [3.05, 3.63) is 70.8 Å². The molecule has 0 fully saturated rings. The number of carboxylic acid groups (broad SMARTS) is 1. The highest BCUT2D eigenvalue weighted by atomic mass is 35.5. The molecule has 0 unspecified atom stereocenters. The predicted molar refractivity (Wildman–Crippen MR) is 78.9 cm³/mol. The summed E-state index contributed by atoms with van der Waals surface area (Å²) in [7, 11) is 0. The average Bonchev–Trinajstić information content (AvgIpc) is 2.45. The van der Waals surface area contributed by atoms with Crippen LogP contribution in [-0.2, 0) is 11.4 Å². The molecule has 4 heteroatoms. The molecule has 0 saturated carbocycles. The largest absolute Gasteiger partial charge is 0.488 e. The molecule has 0 saturated heterocycles. The van der Waals surface area contributed by atoms with Crippen LogP contribution in [0.25, 0.3) is 6.08 Å². The van der Waals surface area contributed by atoms with Gasteiger partial charge in [-0.05, 0) is 18.2 Å². The van der Waals surface area contributed by atoms with Gasteiger partial charge in [0.25, 0.3) is 0 Å². The van der Waals surface area contributed by atoms with Crippen LogP contribution in [0.1, 0.15) is 11.1 Å². The second-order valence-electron chi connectivity index (χ2n) is 4.09. The summed E-state index contributed by atoms with van der Waals surface area (Å²) in [6.07, 6.45) is 2.59. The van der Waals surface area contributed by atoms with Crippen LogP contribution in [0.15, 0.2) is 54.6 Å². The van der Waals surface area contributed by atoms with Gasteiger partial charge in [0.15, 0.2) is 0 Å². The molecular formula is C16H13ClO3. The van der Waals surface area contributed by atoms with E-state index in [0.717, 1.165) is 11.6 Å². The highest BCUT2D eigenvalue weighted by Crippen LogP contribution is 2.22. The van der Waals surface area contributed by atoms with E-state index in [1.807, 2.05) is 30.3 Å². The van der Waals surface area contributed by atoms with Gasteiger partial charge < -0.3 is 9.84 Å². The SMILES string of the molecule is O=C(O)/C=C/c1ccccc1OCc1ccccc1Cl. The Morgan fingerprint density at radius 1 is 1.15 bits per heavy atom. The molecule has 0 spiro atoms. The van der Waals surface area contributed by atoms with Gasteiger partial charge in [0.2, 0.25) is 0 Å². The number of hydrogen-bond donors (Lipinski definition) is 1. The van der Waals surface area contributed by atoms with E-state index in [2.05, 4.69) is 0 Å². The molecular weight excluding hydrogens is 276 g/mol. The maximum absolute atomic E-state index is 10.6. The molecule has 0 aliphatic rings. The lowest BCUT2D eigenvalue weighted by atomic mass is 10.2. The fraction of sp³-hybridized carbons (Fsp3) is 0.0625. The van der Waals surface area contributed by atoms with E-state index in [1.54, 1.807) is 18.2 Å². The van der Waals surface area contributed by atoms with Gasteiger partial charge in [0, 0.05) is 22.2 Å². The molecule has 0 aliphatic heterocycles. The number of rotatable bonds is 5. The van der Waals surface area contributed by atoms with Gasteiger partial charge in [0.05, 0.1) is 0 Å². The molecule has 2 rings (SSSR count). The molecule has 1 N–H and O–H groups in total. The zero-order valence-corrected chi connectivity index (χ0v) is 11.4. The highest BCUT2D eigenvalue weighted by Gasteiger charge is 2.03. The molecule has 0 heterocycles. The monoisotopic (exact) mass is 288 g/mol. The normalized spacial score (nSPS) is 10.7. The second kappa shape index (κ2) is 6.78. The van der Waals surface area contributed by atoms with Crippen LogP contribution in [-0.4, -0.2) is 11.1 Å². The third-order valence-electron chi connectivity index (χ3n) is 2.67. The van der Waals surface area contributed by atoms with Gasteiger partial charge >= 0.3 is 5.97 Å². The predicted octanol–water partition coefficient (Wildman–Crippen LogP) is 4.02. The summed E-state index contributed by atoms with van der Waals surface area (Å²) >= 11 is 6.06. The van der Waals surface area contributed by atoms with Crippen molar-refractivity contribution < 1.29 is 14.6 Å². The molecule has 0 bridgehead atoms. The van der Waals surface area contributed by atoms with Crippen LogP contribution in [0.2, 0.25) is 5.02 Å². The summed E-state index contributed by atoms with van der Waals surface area (Å²) in [6, 6.07) is 14.7. The number of carboxylic acids is 1. The summed E-state index contributed by atoms with van der Waals surface area (Å²) < 4.78 is 5.71. The number of halogens is 1. The Bertz CT molecular complexity index is 635. The van der Waals surface area contributed by atoms with E-state index in [1.165, 1.54) is 6.08 Å². The number of aliphatic carboxylic acids is 1. The first-order chi connectivity index (χ1) is 9.66. The molecule has 2 aromatic rings. The Balaban J connectivity index is 2.14. The summed E-state index contributed by atoms with van der Waals surface area (Å²) in [5.74, 6) is -0.379. The lowest BCUT2D eigenvalue weighted by Crippen LogP contribution is -1.97. The number of carbonyl (C=O) groups is 1. The van der Waals surface area contributed by atoms with Crippen molar-refractivity contribution >= 4 is 23.6 Å². The molecule has 3 nitrogen and oxygen atoms in total. The first kappa shape index (κ1) is 14.2. The van der Waals surface area contributed by atoms with E-state index in [-0.39, 0.29) is 0 Å². The number of hydrogen-bond acceptors (Lipinski definition) is 2. The van der Waals surface area contributed by atoms with Crippen LogP contribution in [0.4, 0.5) is 0 Å². The third-order valence-corrected chi connectivity index (χ3v) is 3.03. The van der Waals surface area contributed by atoms with Crippen molar-refractivity contribution in [3.8, 4) is 5.75 Å². The minimum atomic E-state index is -0.995. The van der Waals surface area contributed by atoms with Crippen LogP contribution in [0.5, 0.6) is 5.75 Å². The Labute approximate surface area is 122 Å². The highest BCUT2D eigenvalue weighted by molar-refractivity contribution is 6.31. The van der Waals surface area contributed by atoms with E-state index >= 15 is 0 Å². The minimum Gasteiger partial charge on any atom is -0.488 e. The molecule has 0 aliphatic carbocycles. The Morgan fingerprint density at radius 3 is 2.60 bits per heavy atom. The lowest BCUT2D eigenvalue weighted by molar-refractivity contribution is -0.131. The lowest BCUT2D eigenvalue weighted by Gasteiger charge is -2.10. The standard InChI is InChI=1S/C16H13ClO3/c17-14-7-3-1-6-13(14)11-20-15-8-4-2-5-12(15)9-10-16(18)19/h1-10H,11H2,(H,18,19)/b10-9+. The van der Waals surface area contributed by atoms with E-state index in [0.29, 0.717) is 22.9 Å². The van der Waals surface area contributed by atoms with Crippen molar-refractivity contribution in [2.75, 3.05) is 0 Å². The van der Waals surface area contributed by atoms with Gasteiger partial charge in [-0.2, -0.15) is 0 Å². The number of ether oxygens (including phenoxy) is 1. The Kier molecular flexibility index (Phi) is 4.80. The summed E-state index contributed by atoms with van der Waals surface area (Å²) in [6.45, 7) is 0.331. The maximum atomic E-state index is 10.6. The summed E-state index contributed by atoms with van der Waals surface area (Å²) in [4.78, 5) is 10.6. The summed E-state index contributed by atoms with van der Waals surface area (Å²) in [5, 5.41) is 9.31. The topological polar surface area (TPSA) is 46.5 Å². The Morgan fingerprint density at radius 2 is 1.85 bits per heavy atom. The second-order valence-corrected chi connectivity index (χ2v) is 4.50. The van der Waals surface area contributed by atoms with E-state index in [4.69, 9.17) is 21.4 Å². The van der Waals surface area contributed by atoms with Gasteiger partial charge in [0.1, 0.15) is 12.4 Å². The zero-order chi connectivity index (χ0) is 14.4. The quantitative estimate of drug-likeness (QED) is 0.845. The third kappa shape index (κ3) is 3.87. The van der Waals surface area contributed by atoms with Crippen LogP contribution >= 0.6 is 11.6 Å². The molecule has 20 heavy (non-hydrogen) atoms. The van der Waals surface area contributed by atoms with Crippen LogP contribution < -0.4 is 4.74 Å². The van der Waals surface area contributed by atoms with Gasteiger partial charge in [-0.15, -0.1) is 0 Å². The molecule has 102 valence electrons. The Hall–Kier alpha value is -2.26. The van der Waals surface area contributed by atoms with Gasteiger partial charge in [-0.25, -0.2) is 4.79 Å². The van der Waals surface area contributed by atoms with E-state index < -0.39 is 5.97 Å². The zero-order valence-electron chi connectivity index (χ0n) is 10.6. The smallest absolute Gasteiger partial charge is 0.328 e. The van der Waals surface area contributed by atoms with Crippen molar-refractivity contribution in [1.82, 2.24) is 0 Å². The van der Waals surface area contributed by atoms with Crippen LogP contribution in [0, 0.1) is 0 Å². The van der Waals surface area contributed by atoms with Gasteiger partial charge in [-0.1, -0.05) is 48.0 Å². The van der Waals surface area contributed by atoms with Crippen LogP contribution in [0.3, 0.4) is 0 Å². The first-order valence-corrected chi connectivity index (χ1v) is 6.41. The maximum Gasteiger partial charge on any atom is 0.328 e. The fourth-order valence-electron chi connectivity index (χ4n) is 1.68. The molecule has 0 atom stereocenters. The molecule has 0 radical (unpaired) electrons. The van der Waals surface area contributed by atoms with E-state index in [9.17, 15) is 4.79 Å².